The Hall–Kier alpha value is -2.21. The molecule has 1 fully saturated rings. The summed E-state index contributed by atoms with van der Waals surface area (Å²) in [6.45, 7) is 2.29. The summed E-state index contributed by atoms with van der Waals surface area (Å²) in [5.74, 6) is -1.41. The van der Waals surface area contributed by atoms with Gasteiger partial charge in [0.25, 0.3) is 5.69 Å². The SMILES string of the molecule is CC12OCCCC1=C(c1ccc([N+](=O)[O-])cc1)C(=O)O2. The van der Waals surface area contributed by atoms with Gasteiger partial charge in [0, 0.05) is 24.6 Å². The third-order valence-corrected chi connectivity index (χ3v) is 3.66. The Kier molecular flexibility index (Phi) is 2.83. The number of ether oxygens (including phenoxy) is 2. The molecule has 104 valence electrons. The van der Waals surface area contributed by atoms with Crippen LogP contribution in [0.15, 0.2) is 29.8 Å². The van der Waals surface area contributed by atoms with Crippen LogP contribution in [0.2, 0.25) is 0 Å². The van der Waals surface area contributed by atoms with E-state index in [0.29, 0.717) is 17.7 Å². The van der Waals surface area contributed by atoms with E-state index < -0.39 is 16.7 Å². The summed E-state index contributed by atoms with van der Waals surface area (Å²) in [4.78, 5) is 22.3. The Labute approximate surface area is 115 Å². The molecule has 0 spiro atoms. The van der Waals surface area contributed by atoms with Crippen LogP contribution in [0.1, 0.15) is 25.3 Å². The highest BCUT2D eigenvalue weighted by Crippen LogP contribution is 2.43. The molecule has 0 aliphatic carbocycles. The largest absolute Gasteiger partial charge is 0.426 e. The summed E-state index contributed by atoms with van der Waals surface area (Å²) in [7, 11) is 0. The molecular weight excluding hydrogens is 262 g/mol. The summed E-state index contributed by atoms with van der Waals surface area (Å²) in [6, 6.07) is 5.91. The van der Waals surface area contributed by atoms with Gasteiger partial charge in [-0.2, -0.15) is 0 Å². The lowest BCUT2D eigenvalue weighted by atomic mass is 9.92. The maximum Gasteiger partial charge on any atom is 0.341 e. The first-order valence-corrected chi connectivity index (χ1v) is 6.37. The number of esters is 1. The maximum absolute atomic E-state index is 12.1. The number of hydrogen-bond donors (Lipinski definition) is 0. The maximum atomic E-state index is 12.1. The quantitative estimate of drug-likeness (QED) is 0.470. The van der Waals surface area contributed by atoms with Gasteiger partial charge in [0.2, 0.25) is 5.79 Å². The van der Waals surface area contributed by atoms with E-state index in [1.807, 2.05) is 0 Å². The van der Waals surface area contributed by atoms with Crippen LogP contribution in [0.25, 0.3) is 5.57 Å². The van der Waals surface area contributed by atoms with Gasteiger partial charge in [-0.15, -0.1) is 0 Å². The van der Waals surface area contributed by atoms with E-state index in [-0.39, 0.29) is 5.69 Å². The van der Waals surface area contributed by atoms with Gasteiger partial charge in [-0.3, -0.25) is 10.1 Å². The second-order valence-electron chi connectivity index (χ2n) is 4.94. The molecule has 0 radical (unpaired) electrons. The van der Waals surface area contributed by atoms with Crippen molar-refractivity contribution in [1.29, 1.82) is 0 Å². The molecule has 1 atom stereocenters. The summed E-state index contributed by atoms with van der Waals surface area (Å²) in [5.41, 5.74) is 1.92. The molecule has 2 heterocycles. The molecule has 20 heavy (non-hydrogen) atoms. The van der Waals surface area contributed by atoms with E-state index in [1.165, 1.54) is 12.1 Å². The van der Waals surface area contributed by atoms with Crippen molar-refractivity contribution in [2.24, 2.45) is 0 Å². The van der Waals surface area contributed by atoms with Crippen LogP contribution < -0.4 is 0 Å². The standard InChI is InChI=1S/C14H13NO5/c1-14-11(3-2-8-19-14)12(13(16)20-14)9-4-6-10(7-5-9)15(17)18/h4-7H,2-3,8H2,1H3. The molecular formula is C14H13NO5. The summed E-state index contributed by atoms with van der Waals surface area (Å²) < 4.78 is 10.9. The van der Waals surface area contributed by atoms with Crippen LogP contribution in [0.4, 0.5) is 5.69 Å². The lowest BCUT2D eigenvalue weighted by Gasteiger charge is -2.30. The van der Waals surface area contributed by atoms with E-state index in [9.17, 15) is 14.9 Å². The summed E-state index contributed by atoms with van der Waals surface area (Å²) in [6.07, 6.45) is 1.56. The lowest BCUT2D eigenvalue weighted by molar-refractivity contribution is -0.384. The number of benzene rings is 1. The number of carbonyl (C=O) groups excluding carboxylic acids is 1. The number of nitrogens with zero attached hydrogens (tertiary/aromatic N) is 1. The molecule has 1 aromatic carbocycles. The van der Waals surface area contributed by atoms with Crippen LogP contribution in [0.5, 0.6) is 0 Å². The molecule has 0 aromatic heterocycles. The average Bonchev–Trinajstić information content (AvgIpc) is 2.68. The summed E-state index contributed by atoms with van der Waals surface area (Å²) in [5, 5.41) is 10.7. The number of hydrogen-bond acceptors (Lipinski definition) is 5. The predicted octanol–water partition coefficient (Wildman–Crippen LogP) is 2.43. The zero-order valence-electron chi connectivity index (χ0n) is 10.9. The molecule has 0 saturated carbocycles. The highest BCUT2D eigenvalue weighted by molar-refractivity contribution is 6.20. The average molecular weight is 275 g/mol. The predicted molar refractivity (Wildman–Crippen MR) is 69.7 cm³/mol. The second-order valence-corrected chi connectivity index (χ2v) is 4.94. The molecule has 6 heteroatoms. The topological polar surface area (TPSA) is 78.7 Å². The molecule has 2 aliphatic heterocycles. The van der Waals surface area contributed by atoms with Crippen molar-refractivity contribution in [2.45, 2.75) is 25.6 Å². The van der Waals surface area contributed by atoms with Crippen LogP contribution >= 0.6 is 0 Å². The molecule has 1 unspecified atom stereocenters. The molecule has 1 saturated heterocycles. The van der Waals surface area contributed by atoms with E-state index >= 15 is 0 Å². The van der Waals surface area contributed by atoms with Crippen molar-refractivity contribution < 1.29 is 19.2 Å². The molecule has 3 rings (SSSR count). The molecule has 2 aliphatic rings. The zero-order chi connectivity index (χ0) is 14.3. The van der Waals surface area contributed by atoms with Crippen LogP contribution in [0.3, 0.4) is 0 Å². The Morgan fingerprint density at radius 3 is 2.65 bits per heavy atom. The first-order chi connectivity index (χ1) is 9.51. The van der Waals surface area contributed by atoms with Gasteiger partial charge in [-0.25, -0.2) is 4.79 Å². The molecule has 0 amide bonds. The van der Waals surface area contributed by atoms with Crippen molar-refractivity contribution >= 4 is 17.2 Å². The second kappa shape index (κ2) is 4.42. The Morgan fingerprint density at radius 1 is 1.30 bits per heavy atom. The normalized spacial score (nSPS) is 25.4. The minimum absolute atomic E-state index is 0.00614. The van der Waals surface area contributed by atoms with Crippen molar-refractivity contribution in [1.82, 2.24) is 0 Å². The van der Waals surface area contributed by atoms with Crippen molar-refractivity contribution in [3.8, 4) is 0 Å². The number of carbonyl (C=O) groups is 1. The smallest absolute Gasteiger partial charge is 0.341 e. The minimum Gasteiger partial charge on any atom is -0.426 e. The van der Waals surface area contributed by atoms with Crippen molar-refractivity contribution in [2.75, 3.05) is 6.61 Å². The molecule has 1 aromatic rings. The third-order valence-electron chi connectivity index (χ3n) is 3.66. The van der Waals surface area contributed by atoms with E-state index in [1.54, 1.807) is 19.1 Å². The number of nitro benzene ring substituents is 1. The number of nitro groups is 1. The lowest BCUT2D eigenvalue weighted by Crippen LogP contribution is -2.35. The Bertz CT molecular complexity index is 619. The highest BCUT2D eigenvalue weighted by Gasteiger charge is 2.46. The first kappa shape index (κ1) is 12.8. The highest BCUT2D eigenvalue weighted by atomic mass is 16.7. The number of rotatable bonds is 2. The molecule has 0 N–H and O–H groups in total. The molecule has 6 nitrogen and oxygen atoms in total. The summed E-state index contributed by atoms with van der Waals surface area (Å²) >= 11 is 0. The van der Waals surface area contributed by atoms with Gasteiger partial charge in [-0.05, 0) is 30.5 Å². The monoisotopic (exact) mass is 275 g/mol. The van der Waals surface area contributed by atoms with Gasteiger partial charge in [0.1, 0.15) is 0 Å². The number of fused-ring (bicyclic) bond motifs is 1. The fraction of sp³-hybridized carbons (Fsp3) is 0.357. The third kappa shape index (κ3) is 1.89. The van der Waals surface area contributed by atoms with E-state index in [2.05, 4.69) is 0 Å². The fourth-order valence-electron chi connectivity index (χ4n) is 2.67. The van der Waals surface area contributed by atoms with Crippen molar-refractivity contribution in [3.05, 3.63) is 45.5 Å². The fourth-order valence-corrected chi connectivity index (χ4v) is 2.67. The first-order valence-electron chi connectivity index (χ1n) is 6.37. The molecule has 0 bridgehead atoms. The van der Waals surface area contributed by atoms with Gasteiger partial charge in [0.05, 0.1) is 17.1 Å². The minimum atomic E-state index is -0.980. The Balaban J connectivity index is 2.05. The van der Waals surface area contributed by atoms with Crippen LogP contribution in [-0.2, 0) is 14.3 Å². The Morgan fingerprint density at radius 2 is 2.00 bits per heavy atom. The van der Waals surface area contributed by atoms with E-state index in [0.717, 1.165) is 18.4 Å². The van der Waals surface area contributed by atoms with Gasteiger partial charge >= 0.3 is 5.97 Å². The van der Waals surface area contributed by atoms with Crippen molar-refractivity contribution in [3.63, 3.8) is 0 Å². The van der Waals surface area contributed by atoms with E-state index in [4.69, 9.17) is 9.47 Å². The van der Waals surface area contributed by atoms with Gasteiger partial charge in [0.15, 0.2) is 0 Å². The van der Waals surface area contributed by atoms with Gasteiger partial charge < -0.3 is 9.47 Å². The van der Waals surface area contributed by atoms with Crippen LogP contribution in [-0.4, -0.2) is 23.3 Å². The van der Waals surface area contributed by atoms with Gasteiger partial charge in [-0.1, -0.05) is 0 Å². The number of non-ortho nitro benzene ring substituents is 1. The zero-order valence-corrected chi connectivity index (χ0v) is 10.9. The van der Waals surface area contributed by atoms with Crippen LogP contribution in [0, 0.1) is 10.1 Å².